The first-order chi connectivity index (χ1) is 27.3. The highest BCUT2D eigenvalue weighted by atomic mass is 16.6. The number of amides is 2. The van der Waals surface area contributed by atoms with Crippen LogP contribution in [-0.4, -0.2) is 144 Å². The first kappa shape index (κ1) is 42.2. The van der Waals surface area contributed by atoms with E-state index in [0.717, 1.165) is 31.5 Å². The van der Waals surface area contributed by atoms with Crippen molar-refractivity contribution in [2.45, 2.75) is 51.1 Å². The number of methoxy groups -OCH3 is 1. The van der Waals surface area contributed by atoms with Crippen molar-refractivity contribution in [1.29, 1.82) is 0 Å². The molecule has 0 spiro atoms. The molecule has 0 radical (unpaired) electrons. The fourth-order valence-electron chi connectivity index (χ4n) is 6.73. The van der Waals surface area contributed by atoms with E-state index in [4.69, 9.17) is 28.7 Å². The fraction of sp³-hybridized carbons (Fsp3) is 0.564. The maximum absolute atomic E-state index is 13.3. The maximum atomic E-state index is 13.3. The Labute approximate surface area is 328 Å². The van der Waals surface area contributed by atoms with E-state index in [9.17, 15) is 14.4 Å². The van der Waals surface area contributed by atoms with Crippen LogP contribution in [0.4, 0.5) is 29.1 Å². The van der Waals surface area contributed by atoms with Gasteiger partial charge in [-0.3, -0.25) is 14.4 Å². The average molecular weight is 778 g/mol. The van der Waals surface area contributed by atoms with Gasteiger partial charge in [-0.15, -0.1) is 0 Å². The Morgan fingerprint density at radius 2 is 1.54 bits per heavy atom. The normalized spacial score (nSPS) is 15.5. The zero-order chi connectivity index (χ0) is 39.9. The Hall–Kier alpha value is -4.97. The van der Waals surface area contributed by atoms with Crippen LogP contribution in [0, 0.1) is 0 Å². The molecule has 17 nitrogen and oxygen atoms in total. The van der Waals surface area contributed by atoms with Gasteiger partial charge in [0.15, 0.2) is 12.1 Å². The van der Waals surface area contributed by atoms with Gasteiger partial charge in [-0.1, -0.05) is 19.8 Å². The first-order valence-electron chi connectivity index (χ1n) is 19.2. The Bertz CT molecular complexity index is 1730. The van der Waals surface area contributed by atoms with E-state index in [2.05, 4.69) is 25.2 Å². The molecule has 0 saturated heterocycles. The summed E-state index contributed by atoms with van der Waals surface area (Å²) < 4.78 is 28.0. The van der Waals surface area contributed by atoms with Crippen LogP contribution in [0.5, 0.6) is 5.75 Å². The highest BCUT2D eigenvalue weighted by Gasteiger charge is 2.41. The van der Waals surface area contributed by atoms with Gasteiger partial charge in [-0.05, 0) is 37.5 Å². The third-order valence-electron chi connectivity index (χ3n) is 9.86. The van der Waals surface area contributed by atoms with E-state index in [1.54, 1.807) is 37.4 Å². The summed E-state index contributed by atoms with van der Waals surface area (Å²) in [6.07, 6.45) is 10.5. The molecule has 1 aliphatic carbocycles. The minimum absolute atomic E-state index is 0.0687. The van der Waals surface area contributed by atoms with Crippen molar-refractivity contribution in [3.05, 3.63) is 47.9 Å². The molecule has 56 heavy (non-hydrogen) atoms. The van der Waals surface area contributed by atoms with Crippen molar-refractivity contribution in [2.75, 3.05) is 114 Å². The average Bonchev–Trinajstić information content (AvgIpc) is 3.77. The molecule has 5 rings (SSSR count). The first-order valence-corrected chi connectivity index (χ1v) is 19.2. The Kier molecular flexibility index (Phi) is 16.1. The standard InChI is InChI=1S/C39H55N9O8/c1-6-31-37(51)46(3)33-26-43-39(44-35(33)48(31)30-9-7-8-10-30)47(4)32-12-11-29(23-34(32)52-5)36(50)40-13-15-53-17-19-55-21-22-56-20-18-54-16-14-45(2)38-41-24-28(27-49)25-42-38/h11-12,23-27,30-31H,6-10,13-22H2,1-5H3,(H,40,50). The highest BCUT2D eigenvalue weighted by Crippen LogP contribution is 2.41. The quantitative estimate of drug-likeness (QED) is 0.110. The third-order valence-corrected chi connectivity index (χ3v) is 9.86. The number of hydrogen-bond acceptors (Lipinski definition) is 15. The van der Waals surface area contributed by atoms with Gasteiger partial charge in [0, 0.05) is 58.2 Å². The molecule has 17 heteroatoms. The Balaban J connectivity index is 0.973. The van der Waals surface area contributed by atoms with E-state index >= 15 is 0 Å². The number of aromatic nitrogens is 4. The molecule has 1 N–H and O–H groups in total. The van der Waals surface area contributed by atoms with Crippen LogP contribution < -0.4 is 29.7 Å². The molecule has 1 aliphatic heterocycles. The van der Waals surface area contributed by atoms with Crippen molar-refractivity contribution in [1.82, 2.24) is 25.3 Å². The molecule has 1 saturated carbocycles. The summed E-state index contributed by atoms with van der Waals surface area (Å²) in [7, 11) is 7.06. The fourth-order valence-corrected chi connectivity index (χ4v) is 6.73. The molecular weight excluding hydrogens is 722 g/mol. The molecule has 2 aliphatic rings. The van der Waals surface area contributed by atoms with Gasteiger partial charge in [0.2, 0.25) is 17.8 Å². The summed E-state index contributed by atoms with van der Waals surface area (Å²) in [5.74, 6) is 2.08. The molecule has 0 bridgehead atoms. The van der Waals surface area contributed by atoms with E-state index in [-0.39, 0.29) is 23.9 Å². The molecule has 3 aromatic rings. The third kappa shape index (κ3) is 10.9. The van der Waals surface area contributed by atoms with Gasteiger partial charge < -0.3 is 48.6 Å². The van der Waals surface area contributed by atoms with Crippen LogP contribution in [0.2, 0.25) is 0 Å². The Morgan fingerprint density at radius 3 is 2.16 bits per heavy atom. The molecule has 1 fully saturated rings. The van der Waals surface area contributed by atoms with Crippen molar-refractivity contribution in [2.24, 2.45) is 0 Å². The number of likely N-dealkylation sites (N-methyl/N-ethyl adjacent to an activating group) is 2. The summed E-state index contributed by atoms with van der Waals surface area (Å²) in [4.78, 5) is 62.5. The molecule has 1 unspecified atom stereocenters. The zero-order valence-electron chi connectivity index (χ0n) is 33.1. The number of carbonyl (C=O) groups excluding carboxylic acids is 3. The van der Waals surface area contributed by atoms with Crippen LogP contribution in [0.25, 0.3) is 0 Å². The predicted octanol–water partition coefficient (Wildman–Crippen LogP) is 3.29. The van der Waals surface area contributed by atoms with Gasteiger partial charge in [-0.25, -0.2) is 15.0 Å². The lowest BCUT2D eigenvalue weighted by molar-refractivity contribution is -0.120. The summed E-state index contributed by atoms with van der Waals surface area (Å²) in [6, 6.07) is 5.25. The van der Waals surface area contributed by atoms with Crippen LogP contribution in [0.15, 0.2) is 36.8 Å². The molecule has 3 heterocycles. The SMILES string of the molecule is CCC1C(=O)N(C)c2cnc(N(C)c3ccc(C(=O)NCCOCCOCCOCCOCCN(C)c4ncc(C=O)cn4)cc3OC)nc2N1C1CCCC1. The van der Waals surface area contributed by atoms with Gasteiger partial charge in [-0.2, -0.15) is 4.98 Å². The largest absolute Gasteiger partial charge is 0.495 e. The summed E-state index contributed by atoms with van der Waals surface area (Å²) in [5.41, 5.74) is 2.28. The molecule has 2 amide bonds. The van der Waals surface area contributed by atoms with E-state index in [0.29, 0.717) is 119 Å². The number of ether oxygens (including phenoxy) is 5. The maximum Gasteiger partial charge on any atom is 0.251 e. The van der Waals surface area contributed by atoms with E-state index < -0.39 is 0 Å². The Morgan fingerprint density at radius 1 is 0.911 bits per heavy atom. The van der Waals surface area contributed by atoms with Crippen LogP contribution in [0.3, 0.4) is 0 Å². The van der Waals surface area contributed by atoms with Gasteiger partial charge in [0.25, 0.3) is 5.91 Å². The number of carbonyl (C=O) groups is 3. The lowest BCUT2D eigenvalue weighted by atomic mass is 10.0. The highest BCUT2D eigenvalue weighted by molar-refractivity contribution is 6.04. The number of benzene rings is 1. The number of nitrogens with one attached hydrogen (secondary N) is 1. The molecule has 1 aromatic carbocycles. The number of rotatable bonds is 23. The number of nitrogens with zero attached hydrogens (tertiary/aromatic N) is 8. The van der Waals surface area contributed by atoms with Gasteiger partial charge in [0.05, 0.1) is 77.4 Å². The number of hydrogen-bond donors (Lipinski definition) is 1. The summed E-state index contributed by atoms with van der Waals surface area (Å²) >= 11 is 0. The zero-order valence-corrected chi connectivity index (χ0v) is 33.1. The predicted molar refractivity (Wildman–Crippen MR) is 212 cm³/mol. The minimum Gasteiger partial charge on any atom is -0.495 e. The molecule has 2 aromatic heterocycles. The topological polar surface area (TPSA) is 174 Å². The van der Waals surface area contributed by atoms with Gasteiger partial charge >= 0.3 is 0 Å². The van der Waals surface area contributed by atoms with Crippen molar-refractivity contribution in [3.8, 4) is 5.75 Å². The second-order valence-corrected chi connectivity index (χ2v) is 13.6. The van der Waals surface area contributed by atoms with Crippen molar-refractivity contribution < 1.29 is 38.1 Å². The lowest BCUT2D eigenvalue weighted by Crippen LogP contribution is -2.55. The molecule has 304 valence electrons. The van der Waals surface area contributed by atoms with E-state index in [1.807, 2.05) is 36.9 Å². The lowest BCUT2D eigenvalue weighted by Gasteiger charge is -2.43. The van der Waals surface area contributed by atoms with Crippen LogP contribution in [0.1, 0.15) is 59.7 Å². The monoisotopic (exact) mass is 777 g/mol. The van der Waals surface area contributed by atoms with E-state index in [1.165, 1.54) is 12.4 Å². The number of aldehydes is 1. The van der Waals surface area contributed by atoms with Crippen molar-refractivity contribution in [3.63, 3.8) is 0 Å². The minimum atomic E-state index is -0.262. The summed E-state index contributed by atoms with van der Waals surface area (Å²) in [5, 5.41) is 2.88. The van der Waals surface area contributed by atoms with Gasteiger partial charge in [0.1, 0.15) is 17.5 Å². The molecule has 1 atom stereocenters. The molecular formula is C39H55N9O8. The second kappa shape index (κ2) is 21.4. The van der Waals surface area contributed by atoms with Crippen LogP contribution >= 0.6 is 0 Å². The smallest absolute Gasteiger partial charge is 0.251 e. The number of anilines is 5. The number of fused-ring (bicyclic) bond motifs is 1. The summed E-state index contributed by atoms with van der Waals surface area (Å²) in [6.45, 7) is 6.35. The second-order valence-electron chi connectivity index (χ2n) is 13.6. The van der Waals surface area contributed by atoms with Crippen molar-refractivity contribution >= 4 is 47.2 Å². The van der Waals surface area contributed by atoms with Crippen LogP contribution in [-0.2, 0) is 23.7 Å².